The molecule has 0 saturated carbocycles. The Hall–Kier alpha value is -3.02. The molecule has 0 aliphatic carbocycles. The van der Waals surface area contributed by atoms with Gasteiger partial charge in [-0.15, -0.1) is 0 Å². The fraction of sp³-hybridized carbons (Fsp3) is 0.211. The average molecular weight is 335 g/mol. The largest absolute Gasteiger partial charge is 0.263 e. The minimum absolute atomic E-state index is 0.341. The molecule has 0 atom stereocenters. The van der Waals surface area contributed by atoms with Gasteiger partial charge in [0, 0.05) is 17.4 Å². The Morgan fingerprint density at radius 2 is 2.04 bits per heavy atom. The second-order valence-electron chi connectivity index (χ2n) is 6.02. The number of nitrogens with zero attached hydrogens (tertiary/aromatic N) is 4. The lowest BCUT2D eigenvalue weighted by molar-refractivity contribution is 0.626. The highest BCUT2D eigenvalue weighted by atomic mass is 19.1. The number of aromatic nitrogens is 5. The van der Waals surface area contributed by atoms with Crippen molar-refractivity contribution in [1.29, 1.82) is 0 Å². The second-order valence-corrected chi connectivity index (χ2v) is 6.02. The van der Waals surface area contributed by atoms with Gasteiger partial charge in [-0.2, -0.15) is 10.2 Å². The Labute approximate surface area is 144 Å². The minimum atomic E-state index is -0.341. The van der Waals surface area contributed by atoms with Crippen molar-refractivity contribution in [2.75, 3.05) is 0 Å². The number of hydrogen-bond donors (Lipinski definition) is 1. The third kappa shape index (κ3) is 3.03. The molecule has 0 radical (unpaired) electrons. The molecule has 0 fully saturated rings. The Morgan fingerprint density at radius 3 is 2.92 bits per heavy atom. The van der Waals surface area contributed by atoms with Crippen molar-refractivity contribution in [3.63, 3.8) is 0 Å². The van der Waals surface area contributed by atoms with Crippen molar-refractivity contribution in [2.45, 2.75) is 26.2 Å². The molecule has 25 heavy (non-hydrogen) atoms. The molecule has 1 N–H and O–H groups in total. The van der Waals surface area contributed by atoms with E-state index in [9.17, 15) is 4.39 Å². The molecular weight excluding hydrogens is 317 g/mol. The Morgan fingerprint density at radius 1 is 1.16 bits per heavy atom. The lowest BCUT2D eigenvalue weighted by Gasteiger charge is -2.06. The van der Waals surface area contributed by atoms with E-state index in [1.165, 1.54) is 12.1 Å². The maximum absolute atomic E-state index is 14.2. The fourth-order valence-corrected chi connectivity index (χ4v) is 2.88. The van der Waals surface area contributed by atoms with Crippen LogP contribution in [0.5, 0.6) is 0 Å². The van der Waals surface area contributed by atoms with Gasteiger partial charge in [-0.25, -0.2) is 14.1 Å². The number of fused-ring (bicyclic) bond motifs is 1. The SMILES string of the molecule is CCCCc1nc(-c2cc(F)cc(-n3ncc4ccccc43)c2)n[nH]1. The smallest absolute Gasteiger partial charge is 0.181 e. The summed E-state index contributed by atoms with van der Waals surface area (Å²) in [6, 6.07) is 12.6. The summed E-state index contributed by atoms with van der Waals surface area (Å²) >= 11 is 0. The monoisotopic (exact) mass is 335 g/mol. The van der Waals surface area contributed by atoms with Crippen molar-refractivity contribution < 1.29 is 4.39 Å². The first-order valence-electron chi connectivity index (χ1n) is 8.40. The van der Waals surface area contributed by atoms with Crippen LogP contribution in [0.15, 0.2) is 48.7 Å². The third-order valence-electron chi connectivity index (χ3n) is 4.16. The van der Waals surface area contributed by atoms with Gasteiger partial charge in [0.25, 0.3) is 0 Å². The summed E-state index contributed by atoms with van der Waals surface area (Å²) in [5.41, 5.74) is 2.21. The number of para-hydroxylation sites is 1. The average Bonchev–Trinajstić information content (AvgIpc) is 3.26. The first kappa shape index (κ1) is 15.5. The fourth-order valence-electron chi connectivity index (χ4n) is 2.88. The van der Waals surface area contributed by atoms with Crippen LogP contribution in [0.4, 0.5) is 4.39 Å². The van der Waals surface area contributed by atoms with Crippen molar-refractivity contribution in [3.05, 3.63) is 60.3 Å². The number of halogens is 1. The summed E-state index contributed by atoms with van der Waals surface area (Å²) in [5, 5.41) is 12.6. The summed E-state index contributed by atoms with van der Waals surface area (Å²) < 4.78 is 15.9. The molecule has 2 heterocycles. The maximum Gasteiger partial charge on any atom is 0.181 e. The summed E-state index contributed by atoms with van der Waals surface area (Å²) in [5.74, 6) is 0.988. The standard InChI is InChI=1S/C19H18FN5/c1-2-3-8-18-22-19(24-23-18)14-9-15(20)11-16(10-14)25-17-7-5-4-6-13(17)12-21-25/h4-7,9-12H,2-3,8H2,1H3,(H,22,23,24). The molecule has 0 spiro atoms. The topological polar surface area (TPSA) is 59.4 Å². The molecule has 0 saturated heterocycles. The van der Waals surface area contributed by atoms with E-state index in [2.05, 4.69) is 27.2 Å². The maximum atomic E-state index is 14.2. The van der Waals surface area contributed by atoms with Gasteiger partial charge in [-0.3, -0.25) is 5.10 Å². The van der Waals surface area contributed by atoms with Gasteiger partial charge >= 0.3 is 0 Å². The van der Waals surface area contributed by atoms with Crippen molar-refractivity contribution >= 4 is 10.9 Å². The molecule has 5 nitrogen and oxygen atoms in total. The van der Waals surface area contributed by atoms with Crippen molar-refractivity contribution in [3.8, 4) is 17.1 Å². The number of aromatic amines is 1. The molecule has 4 aromatic rings. The third-order valence-corrected chi connectivity index (χ3v) is 4.16. The quantitative estimate of drug-likeness (QED) is 0.592. The normalized spacial score (nSPS) is 11.3. The van der Waals surface area contributed by atoms with Gasteiger partial charge < -0.3 is 0 Å². The highest BCUT2D eigenvalue weighted by Gasteiger charge is 2.11. The van der Waals surface area contributed by atoms with E-state index in [1.807, 2.05) is 30.3 Å². The second kappa shape index (κ2) is 6.47. The number of unbranched alkanes of at least 4 members (excludes halogenated alkanes) is 1. The molecule has 0 aliphatic heterocycles. The minimum Gasteiger partial charge on any atom is -0.263 e. The molecule has 126 valence electrons. The zero-order chi connectivity index (χ0) is 17.2. The molecule has 0 bridgehead atoms. The Bertz CT molecular complexity index is 1020. The van der Waals surface area contributed by atoms with Crippen LogP contribution in [-0.2, 0) is 6.42 Å². The zero-order valence-corrected chi connectivity index (χ0v) is 13.9. The van der Waals surface area contributed by atoms with E-state index in [1.54, 1.807) is 10.9 Å². The summed E-state index contributed by atoms with van der Waals surface area (Å²) in [7, 11) is 0. The summed E-state index contributed by atoms with van der Waals surface area (Å²) in [6.07, 6.45) is 4.75. The Balaban J connectivity index is 1.75. The van der Waals surface area contributed by atoms with E-state index in [0.29, 0.717) is 17.1 Å². The molecule has 2 aromatic heterocycles. The van der Waals surface area contributed by atoms with E-state index in [-0.39, 0.29) is 5.82 Å². The van der Waals surface area contributed by atoms with E-state index in [0.717, 1.165) is 36.0 Å². The molecule has 0 aliphatic rings. The van der Waals surface area contributed by atoms with Crippen molar-refractivity contribution in [1.82, 2.24) is 25.0 Å². The van der Waals surface area contributed by atoms with E-state index >= 15 is 0 Å². The van der Waals surface area contributed by atoms with Crippen LogP contribution >= 0.6 is 0 Å². The van der Waals surface area contributed by atoms with Gasteiger partial charge in [-0.05, 0) is 30.7 Å². The lowest BCUT2D eigenvalue weighted by Crippen LogP contribution is -1.98. The number of aryl methyl sites for hydroxylation is 1. The van der Waals surface area contributed by atoms with Crippen LogP contribution in [0.2, 0.25) is 0 Å². The summed E-state index contributed by atoms with van der Waals surface area (Å²) in [4.78, 5) is 4.48. The number of benzene rings is 2. The van der Waals surface area contributed by atoms with Crippen LogP contribution in [0.1, 0.15) is 25.6 Å². The number of H-pyrrole nitrogens is 1. The molecule has 2 aromatic carbocycles. The van der Waals surface area contributed by atoms with Crippen LogP contribution < -0.4 is 0 Å². The predicted molar refractivity (Wildman–Crippen MR) is 95.0 cm³/mol. The van der Waals surface area contributed by atoms with Gasteiger partial charge in [0.1, 0.15) is 11.6 Å². The van der Waals surface area contributed by atoms with Crippen LogP contribution in [0.25, 0.3) is 28.0 Å². The number of rotatable bonds is 5. The van der Waals surface area contributed by atoms with E-state index in [4.69, 9.17) is 0 Å². The highest BCUT2D eigenvalue weighted by molar-refractivity contribution is 5.80. The van der Waals surface area contributed by atoms with Gasteiger partial charge in [0.2, 0.25) is 0 Å². The molecule has 6 heteroatoms. The van der Waals surface area contributed by atoms with Crippen molar-refractivity contribution in [2.24, 2.45) is 0 Å². The first-order chi connectivity index (χ1) is 12.2. The molecular formula is C19H18FN5. The first-order valence-corrected chi connectivity index (χ1v) is 8.40. The highest BCUT2D eigenvalue weighted by Crippen LogP contribution is 2.24. The molecule has 0 amide bonds. The lowest BCUT2D eigenvalue weighted by atomic mass is 10.1. The van der Waals surface area contributed by atoms with Gasteiger partial charge in [0.15, 0.2) is 5.82 Å². The molecule has 4 rings (SSSR count). The van der Waals surface area contributed by atoms with E-state index < -0.39 is 0 Å². The predicted octanol–water partition coefficient (Wildman–Crippen LogP) is 4.29. The van der Waals surface area contributed by atoms with Gasteiger partial charge in [0.05, 0.1) is 17.4 Å². The zero-order valence-electron chi connectivity index (χ0n) is 13.9. The van der Waals surface area contributed by atoms with Crippen LogP contribution in [0.3, 0.4) is 0 Å². The number of hydrogen-bond acceptors (Lipinski definition) is 3. The van der Waals surface area contributed by atoms with Crippen LogP contribution in [-0.4, -0.2) is 25.0 Å². The Kier molecular flexibility index (Phi) is 4.01. The number of nitrogens with one attached hydrogen (secondary N) is 1. The molecule has 0 unspecified atom stereocenters. The summed E-state index contributed by atoms with van der Waals surface area (Å²) in [6.45, 7) is 2.13. The van der Waals surface area contributed by atoms with Gasteiger partial charge in [-0.1, -0.05) is 31.5 Å². The van der Waals surface area contributed by atoms with Crippen LogP contribution in [0, 0.1) is 5.82 Å².